The molecule has 3 aliphatic rings. The van der Waals surface area contributed by atoms with Crippen molar-refractivity contribution < 1.29 is 13.9 Å². The molecule has 0 aromatic carbocycles. The van der Waals surface area contributed by atoms with Gasteiger partial charge in [-0.2, -0.15) is 10.4 Å². The molecule has 0 amide bonds. The molecule has 200 valence electrons. The molecule has 3 fully saturated rings. The Hall–Kier alpha value is -3.88. The maximum atomic E-state index is 13.6. The van der Waals surface area contributed by atoms with Crippen LogP contribution in [0.2, 0.25) is 0 Å². The van der Waals surface area contributed by atoms with Gasteiger partial charge in [-0.15, -0.1) is 5.10 Å². The highest BCUT2D eigenvalue weighted by molar-refractivity contribution is 5.74. The summed E-state index contributed by atoms with van der Waals surface area (Å²) >= 11 is 0. The van der Waals surface area contributed by atoms with Crippen molar-refractivity contribution in [1.82, 2.24) is 34.5 Å². The molecule has 0 spiro atoms. The van der Waals surface area contributed by atoms with Gasteiger partial charge in [0.15, 0.2) is 0 Å². The number of likely N-dealkylation sites (tertiary alicyclic amines) is 1. The van der Waals surface area contributed by atoms with Gasteiger partial charge in [-0.25, -0.2) is 13.6 Å². The molecule has 6 heterocycles. The number of hydrogen-bond acceptors (Lipinski definition) is 8. The van der Waals surface area contributed by atoms with E-state index in [2.05, 4.69) is 31.4 Å². The van der Waals surface area contributed by atoms with E-state index in [0.717, 1.165) is 68.9 Å². The maximum Gasteiger partial charge on any atom is 0.148 e. The van der Waals surface area contributed by atoms with Crippen molar-refractivity contribution in [3.63, 3.8) is 0 Å². The van der Waals surface area contributed by atoms with Crippen LogP contribution >= 0.6 is 0 Å². The molecule has 1 saturated carbocycles. The molecule has 1 atom stereocenters. The molecule has 2 saturated heterocycles. The Morgan fingerprint density at radius 1 is 1.13 bits per heavy atom. The van der Waals surface area contributed by atoms with Crippen molar-refractivity contribution in [2.45, 2.75) is 50.8 Å². The normalized spacial score (nSPS) is 19.6. The molecule has 7 rings (SSSR count). The van der Waals surface area contributed by atoms with Gasteiger partial charge in [0.2, 0.25) is 0 Å². The van der Waals surface area contributed by atoms with Crippen LogP contribution in [0.3, 0.4) is 0 Å². The van der Waals surface area contributed by atoms with E-state index in [9.17, 15) is 9.65 Å². The van der Waals surface area contributed by atoms with Gasteiger partial charge in [0.05, 0.1) is 49.1 Å². The van der Waals surface area contributed by atoms with Crippen LogP contribution in [0.5, 0.6) is 5.75 Å². The molecule has 4 aromatic heterocycles. The number of ether oxygens (including phenoxy) is 2. The third kappa shape index (κ3) is 4.43. The molecule has 0 N–H and O–H groups in total. The average Bonchev–Trinajstić information content (AvgIpc) is 3.56. The molecule has 39 heavy (non-hydrogen) atoms. The van der Waals surface area contributed by atoms with Crippen LogP contribution in [0.1, 0.15) is 54.8 Å². The lowest BCUT2D eigenvalue weighted by Crippen LogP contribution is -2.52. The molecular weight excluding hydrogens is 499 g/mol. The van der Waals surface area contributed by atoms with E-state index in [1.54, 1.807) is 16.8 Å². The zero-order valence-corrected chi connectivity index (χ0v) is 21.7. The second kappa shape index (κ2) is 9.70. The van der Waals surface area contributed by atoms with Crippen LogP contribution in [0.15, 0.2) is 36.8 Å². The van der Waals surface area contributed by atoms with Gasteiger partial charge in [0, 0.05) is 30.8 Å². The van der Waals surface area contributed by atoms with Crippen LogP contribution in [0.25, 0.3) is 16.8 Å². The Kier molecular flexibility index (Phi) is 6.01. The minimum atomic E-state index is -0.387. The quantitative estimate of drug-likeness (QED) is 0.356. The molecule has 4 aromatic rings. The van der Waals surface area contributed by atoms with E-state index in [1.807, 2.05) is 23.9 Å². The lowest BCUT2D eigenvalue weighted by atomic mass is 10.0. The van der Waals surface area contributed by atoms with Crippen molar-refractivity contribution in [3.8, 4) is 23.1 Å². The van der Waals surface area contributed by atoms with Crippen LogP contribution < -0.4 is 4.74 Å². The van der Waals surface area contributed by atoms with Gasteiger partial charge in [0.1, 0.15) is 40.5 Å². The topological polar surface area (TPSA) is 106 Å². The minimum absolute atomic E-state index is 0.278. The van der Waals surface area contributed by atoms with E-state index in [1.165, 1.54) is 12.3 Å². The first kappa shape index (κ1) is 24.2. The summed E-state index contributed by atoms with van der Waals surface area (Å²) in [6.07, 6.45) is 8.32. The third-order valence-corrected chi connectivity index (χ3v) is 8.23. The van der Waals surface area contributed by atoms with Gasteiger partial charge in [-0.1, -0.05) is 5.21 Å². The number of fused-ring (bicyclic) bond motifs is 1. The van der Waals surface area contributed by atoms with Crippen LogP contribution in [0, 0.1) is 30.0 Å². The number of piperidine rings is 1. The predicted octanol–water partition coefficient (Wildman–Crippen LogP) is 3.87. The summed E-state index contributed by atoms with van der Waals surface area (Å²) in [5, 5.41) is 23.3. The second-order valence-corrected chi connectivity index (χ2v) is 10.8. The van der Waals surface area contributed by atoms with Crippen LogP contribution in [-0.4, -0.2) is 66.8 Å². The van der Waals surface area contributed by atoms with Crippen LogP contribution in [0.4, 0.5) is 4.39 Å². The predicted molar refractivity (Wildman–Crippen MR) is 138 cm³/mol. The fourth-order valence-corrected chi connectivity index (χ4v) is 5.76. The Morgan fingerprint density at radius 2 is 1.95 bits per heavy atom. The molecule has 10 nitrogen and oxygen atoms in total. The number of rotatable bonds is 7. The molecule has 0 radical (unpaired) electrons. The van der Waals surface area contributed by atoms with E-state index in [4.69, 9.17) is 9.47 Å². The summed E-state index contributed by atoms with van der Waals surface area (Å²) in [7, 11) is 0. The first-order valence-electron chi connectivity index (χ1n) is 13.5. The smallest absolute Gasteiger partial charge is 0.148 e. The van der Waals surface area contributed by atoms with Gasteiger partial charge in [-0.05, 0) is 50.8 Å². The first-order valence-corrected chi connectivity index (χ1v) is 13.5. The van der Waals surface area contributed by atoms with Crippen molar-refractivity contribution in [1.29, 1.82) is 5.26 Å². The average molecular weight is 529 g/mol. The number of halogens is 1. The molecular formula is C28H29FN8O2. The Balaban J connectivity index is 1.21. The van der Waals surface area contributed by atoms with Gasteiger partial charge >= 0.3 is 0 Å². The summed E-state index contributed by atoms with van der Waals surface area (Å²) < 4.78 is 29.2. The van der Waals surface area contributed by atoms with E-state index < -0.39 is 0 Å². The minimum Gasteiger partial charge on any atom is -0.481 e. The molecule has 11 heteroatoms. The lowest BCUT2D eigenvalue weighted by Gasteiger charge is -2.41. The zero-order valence-electron chi connectivity index (χ0n) is 21.7. The molecule has 2 aliphatic heterocycles. The van der Waals surface area contributed by atoms with Crippen LogP contribution in [-0.2, 0) is 4.74 Å². The molecule has 1 unspecified atom stereocenters. The van der Waals surface area contributed by atoms with E-state index in [0.29, 0.717) is 34.6 Å². The van der Waals surface area contributed by atoms with Gasteiger partial charge in [0.25, 0.3) is 0 Å². The second-order valence-electron chi connectivity index (χ2n) is 10.8. The van der Waals surface area contributed by atoms with Crippen molar-refractivity contribution in [2.75, 3.05) is 26.3 Å². The Morgan fingerprint density at radius 3 is 2.62 bits per heavy atom. The monoisotopic (exact) mass is 528 g/mol. The fraction of sp³-hybridized carbons (Fsp3) is 0.464. The number of aromatic nitrogens is 6. The number of nitrogens with zero attached hydrogens (tertiary/aromatic N) is 8. The first-order chi connectivity index (χ1) is 19.1. The number of hydrogen-bond donors (Lipinski definition) is 0. The Labute approximate surface area is 225 Å². The largest absolute Gasteiger partial charge is 0.481 e. The summed E-state index contributed by atoms with van der Waals surface area (Å²) in [6.45, 7) is 5.78. The van der Waals surface area contributed by atoms with Gasteiger partial charge < -0.3 is 9.47 Å². The molecule has 1 aliphatic carbocycles. The van der Waals surface area contributed by atoms with Crippen molar-refractivity contribution in [3.05, 3.63) is 59.6 Å². The highest BCUT2D eigenvalue weighted by Crippen LogP contribution is 2.44. The maximum absolute atomic E-state index is 13.6. The summed E-state index contributed by atoms with van der Waals surface area (Å²) in [4.78, 5) is 6.81. The summed E-state index contributed by atoms with van der Waals surface area (Å²) in [6, 6.07) is 8.05. The Bertz CT molecular complexity index is 1540. The highest BCUT2D eigenvalue weighted by Gasteiger charge is 2.36. The standard InChI is InChI=1S/C28H29FN8O2/c1-17-26(33-34-37(17)22-6-8-35(9-7-22)23-15-38-16-23)19-10-25(27-20(11-30)12-32-36(27)14-19)39-28(18-2-3-18)24-5-4-21(29)13-31-24/h4-5,10,12-14,18,22-23,28H,2-3,6-9,15-16H2,1H3. The summed E-state index contributed by atoms with van der Waals surface area (Å²) in [5.74, 6) is 0.413. The van der Waals surface area contributed by atoms with E-state index in [-0.39, 0.29) is 17.8 Å². The third-order valence-electron chi connectivity index (χ3n) is 8.23. The van der Waals surface area contributed by atoms with E-state index >= 15 is 0 Å². The van der Waals surface area contributed by atoms with Gasteiger partial charge in [-0.3, -0.25) is 9.88 Å². The zero-order chi connectivity index (χ0) is 26.5. The highest BCUT2D eigenvalue weighted by atomic mass is 19.1. The SMILES string of the molecule is Cc1c(-c2cc(OC(c3ccc(F)cn3)C3CC3)c3c(C#N)cnn3c2)nnn1C1CCN(C2COC2)CC1. The number of pyridine rings is 2. The lowest BCUT2D eigenvalue weighted by molar-refractivity contribution is -0.0735. The number of nitriles is 1. The summed E-state index contributed by atoms with van der Waals surface area (Å²) in [5.41, 5.74) is 4.22. The van der Waals surface area contributed by atoms with Crippen molar-refractivity contribution >= 4 is 5.52 Å². The van der Waals surface area contributed by atoms with Crippen molar-refractivity contribution in [2.24, 2.45) is 5.92 Å². The fourth-order valence-electron chi connectivity index (χ4n) is 5.76. The molecule has 0 bridgehead atoms.